The zero-order valence-electron chi connectivity index (χ0n) is 12.3. The highest BCUT2D eigenvalue weighted by Gasteiger charge is 2.07. The molecule has 2 rings (SSSR count). The molecule has 0 radical (unpaired) electrons. The van der Waals surface area contributed by atoms with Gasteiger partial charge < -0.3 is 9.84 Å². The van der Waals surface area contributed by atoms with Gasteiger partial charge in [0, 0.05) is 17.7 Å². The number of ether oxygens (including phenoxy) is 1. The van der Waals surface area contributed by atoms with Crippen molar-refractivity contribution in [2.45, 2.75) is 6.54 Å². The summed E-state index contributed by atoms with van der Waals surface area (Å²) >= 11 is 0. The molecule has 7 heteroatoms. The van der Waals surface area contributed by atoms with E-state index in [2.05, 4.69) is 10.5 Å². The molecule has 1 aromatic carbocycles. The van der Waals surface area contributed by atoms with Crippen LogP contribution in [0.2, 0.25) is 0 Å². The Morgan fingerprint density at radius 1 is 1.17 bits per heavy atom. The Hall–Kier alpha value is -3.22. The monoisotopic (exact) mass is 314 g/mol. The van der Waals surface area contributed by atoms with Gasteiger partial charge in [-0.1, -0.05) is 18.2 Å². The zero-order valence-corrected chi connectivity index (χ0v) is 12.3. The zero-order chi connectivity index (χ0) is 16.5. The van der Waals surface area contributed by atoms with Crippen LogP contribution in [0.4, 0.5) is 0 Å². The fraction of sp³-hybridized carbons (Fsp3) is 0.125. The second-order valence-electron chi connectivity index (χ2n) is 4.56. The predicted molar refractivity (Wildman–Crippen MR) is 81.9 cm³/mol. The second-order valence-corrected chi connectivity index (χ2v) is 4.56. The van der Waals surface area contributed by atoms with Gasteiger partial charge in [-0.3, -0.25) is 4.79 Å². The number of para-hydroxylation sites is 1. The standard InChI is InChI=1S/C16H15N3O4/c20-15(11-19-8-4-1-5-9-19)18-17-10-13-6-2-3-7-14(13)23-12-16(21)22/h1-10H,11-12H2,(H-,18,20,21,22)/p+1/b17-10+. The van der Waals surface area contributed by atoms with Gasteiger partial charge in [-0.15, -0.1) is 0 Å². The van der Waals surface area contributed by atoms with Crippen LogP contribution in [0.25, 0.3) is 0 Å². The third-order valence-corrected chi connectivity index (χ3v) is 2.77. The molecule has 7 nitrogen and oxygen atoms in total. The molecule has 0 aliphatic rings. The minimum Gasteiger partial charge on any atom is -0.481 e. The van der Waals surface area contributed by atoms with Gasteiger partial charge in [0.1, 0.15) is 5.75 Å². The van der Waals surface area contributed by atoms with E-state index in [1.165, 1.54) is 6.21 Å². The molecule has 0 fully saturated rings. The Bertz CT molecular complexity index is 701. The van der Waals surface area contributed by atoms with Gasteiger partial charge >= 0.3 is 11.9 Å². The van der Waals surface area contributed by atoms with Crippen LogP contribution in [0, 0.1) is 0 Å². The van der Waals surface area contributed by atoms with Gasteiger partial charge in [-0.2, -0.15) is 9.67 Å². The third-order valence-electron chi connectivity index (χ3n) is 2.77. The van der Waals surface area contributed by atoms with Crippen LogP contribution in [-0.2, 0) is 16.1 Å². The lowest BCUT2D eigenvalue weighted by Gasteiger charge is -2.06. The van der Waals surface area contributed by atoms with E-state index >= 15 is 0 Å². The van der Waals surface area contributed by atoms with Gasteiger partial charge in [-0.05, 0) is 12.1 Å². The van der Waals surface area contributed by atoms with Crippen molar-refractivity contribution in [3.05, 3.63) is 60.4 Å². The van der Waals surface area contributed by atoms with Crippen LogP contribution in [0.15, 0.2) is 60.0 Å². The molecule has 1 amide bonds. The minimum absolute atomic E-state index is 0.148. The smallest absolute Gasteiger partial charge is 0.341 e. The number of nitrogens with zero attached hydrogens (tertiary/aromatic N) is 2. The van der Waals surface area contributed by atoms with E-state index in [1.807, 2.05) is 18.2 Å². The summed E-state index contributed by atoms with van der Waals surface area (Å²) < 4.78 is 6.86. The van der Waals surface area contributed by atoms with E-state index in [0.29, 0.717) is 11.3 Å². The molecular weight excluding hydrogens is 298 g/mol. The number of benzene rings is 1. The first-order valence-corrected chi connectivity index (χ1v) is 6.85. The summed E-state index contributed by atoms with van der Waals surface area (Å²) in [6, 6.07) is 12.3. The van der Waals surface area contributed by atoms with Gasteiger partial charge in [-0.25, -0.2) is 10.2 Å². The number of amides is 1. The van der Waals surface area contributed by atoms with Crippen molar-refractivity contribution in [1.29, 1.82) is 0 Å². The van der Waals surface area contributed by atoms with E-state index in [0.717, 1.165) is 0 Å². The number of aromatic nitrogens is 1. The summed E-state index contributed by atoms with van der Waals surface area (Å²) in [6.45, 7) is -0.294. The summed E-state index contributed by atoms with van der Waals surface area (Å²) in [5, 5.41) is 12.5. The number of hydrazone groups is 1. The van der Waals surface area contributed by atoms with Crippen molar-refractivity contribution in [2.75, 3.05) is 6.61 Å². The topological polar surface area (TPSA) is 91.9 Å². The molecule has 1 aromatic heterocycles. The molecule has 0 spiro atoms. The molecule has 23 heavy (non-hydrogen) atoms. The number of hydrogen-bond acceptors (Lipinski definition) is 4. The maximum Gasteiger partial charge on any atom is 0.341 e. The van der Waals surface area contributed by atoms with Crippen LogP contribution < -0.4 is 14.7 Å². The van der Waals surface area contributed by atoms with E-state index in [1.54, 1.807) is 41.2 Å². The first-order chi connectivity index (χ1) is 11.1. The fourth-order valence-electron chi connectivity index (χ4n) is 1.77. The number of pyridine rings is 1. The molecule has 1 heterocycles. The van der Waals surface area contributed by atoms with E-state index in [9.17, 15) is 9.59 Å². The number of carboxylic acid groups (broad SMARTS) is 1. The van der Waals surface area contributed by atoms with Crippen LogP contribution in [0.1, 0.15) is 5.56 Å². The minimum atomic E-state index is -1.06. The lowest BCUT2D eigenvalue weighted by molar-refractivity contribution is -0.684. The summed E-state index contributed by atoms with van der Waals surface area (Å²) in [5.74, 6) is -0.961. The molecule has 0 aliphatic heterocycles. The Labute approximate surface area is 132 Å². The molecule has 118 valence electrons. The van der Waals surface area contributed by atoms with Crippen LogP contribution in [0.3, 0.4) is 0 Å². The number of rotatable bonds is 7. The normalized spacial score (nSPS) is 10.4. The first kappa shape index (κ1) is 16.2. The molecule has 0 atom stereocenters. The second kappa shape index (κ2) is 8.28. The SMILES string of the molecule is O=C(O)COc1ccccc1/C=N/NC(=O)C[n+]1ccccc1. The number of carboxylic acids is 1. The molecule has 2 N–H and O–H groups in total. The summed E-state index contributed by atoms with van der Waals surface area (Å²) in [7, 11) is 0. The van der Waals surface area contributed by atoms with Crippen LogP contribution >= 0.6 is 0 Å². The number of hydrogen-bond donors (Lipinski definition) is 2. The molecule has 0 aliphatic carbocycles. The van der Waals surface area contributed by atoms with E-state index < -0.39 is 12.6 Å². The molecule has 2 aromatic rings. The Balaban J connectivity index is 1.92. The fourth-order valence-corrected chi connectivity index (χ4v) is 1.77. The molecule has 0 saturated heterocycles. The molecule has 0 bridgehead atoms. The Morgan fingerprint density at radius 2 is 1.91 bits per heavy atom. The van der Waals surface area contributed by atoms with Gasteiger partial charge in [0.2, 0.25) is 6.54 Å². The lowest BCUT2D eigenvalue weighted by Crippen LogP contribution is -2.40. The van der Waals surface area contributed by atoms with Crippen molar-refractivity contribution in [1.82, 2.24) is 5.43 Å². The van der Waals surface area contributed by atoms with Crippen molar-refractivity contribution in [3.8, 4) is 5.75 Å². The van der Waals surface area contributed by atoms with Crippen molar-refractivity contribution < 1.29 is 24.0 Å². The first-order valence-electron chi connectivity index (χ1n) is 6.85. The highest BCUT2D eigenvalue weighted by Crippen LogP contribution is 2.15. The predicted octanol–water partition coefficient (Wildman–Crippen LogP) is 0.588. The molecule has 0 saturated carbocycles. The van der Waals surface area contributed by atoms with Crippen molar-refractivity contribution >= 4 is 18.1 Å². The summed E-state index contributed by atoms with van der Waals surface area (Å²) in [5.41, 5.74) is 2.98. The number of carbonyl (C=O) groups excluding carboxylic acids is 1. The van der Waals surface area contributed by atoms with Crippen molar-refractivity contribution in [2.24, 2.45) is 5.10 Å². The van der Waals surface area contributed by atoms with E-state index in [4.69, 9.17) is 9.84 Å². The van der Waals surface area contributed by atoms with Crippen LogP contribution in [-0.4, -0.2) is 29.8 Å². The summed E-state index contributed by atoms with van der Waals surface area (Å²) in [4.78, 5) is 22.3. The van der Waals surface area contributed by atoms with E-state index in [-0.39, 0.29) is 12.5 Å². The largest absolute Gasteiger partial charge is 0.481 e. The van der Waals surface area contributed by atoms with Gasteiger partial charge in [0.15, 0.2) is 19.0 Å². The Morgan fingerprint density at radius 3 is 2.65 bits per heavy atom. The average Bonchev–Trinajstić information content (AvgIpc) is 2.55. The van der Waals surface area contributed by atoms with Gasteiger partial charge in [0.25, 0.3) is 0 Å². The van der Waals surface area contributed by atoms with Gasteiger partial charge in [0.05, 0.1) is 6.21 Å². The maximum absolute atomic E-state index is 11.7. The average molecular weight is 314 g/mol. The number of aliphatic carboxylic acids is 1. The molecular formula is C16H16N3O4+. The lowest BCUT2D eigenvalue weighted by atomic mass is 10.2. The number of carbonyl (C=O) groups is 2. The highest BCUT2D eigenvalue weighted by molar-refractivity contribution is 5.85. The number of nitrogens with one attached hydrogen (secondary N) is 1. The van der Waals surface area contributed by atoms with Crippen molar-refractivity contribution in [3.63, 3.8) is 0 Å². The third kappa shape index (κ3) is 5.58. The summed E-state index contributed by atoms with van der Waals surface area (Å²) in [6.07, 6.45) is 4.96. The highest BCUT2D eigenvalue weighted by atomic mass is 16.5. The Kier molecular flexibility index (Phi) is 5.81. The quantitative estimate of drug-likeness (QED) is 0.444. The maximum atomic E-state index is 11.7. The molecule has 0 unspecified atom stereocenters. The van der Waals surface area contributed by atoms with Crippen LogP contribution in [0.5, 0.6) is 5.75 Å².